The van der Waals surface area contributed by atoms with E-state index >= 15 is 0 Å². The summed E-state index contributed by atoms with van der Waals surface area (Å²) in [4.78, 5) is 11.9. The van der Waals surface area contributed by atoms with Crippen molar-refractivity contribution in [2.24, 2.45) is 34.5 Å². The van der Waals surface area contributed by atoms with E-state index in [-0.39, 0.29) is 16.1 Å². The van der Waals surface area contributed by atoms with Gasteiger partial charge in [-0.15, -0.1) is 0 Å². The van der Waals surface area contributed by atoms with Crippen LogP contribution < -0.4 is 0 Å². The van der Waals surface area contributed by atoms with Gasteiger partial charge in [0.2, 0.25) is 0 Å². The smallest absolute Gasteiger partial charge is 0.155 e. The van der Waals surface area contributed by atoms with E-state index in [1.807, 2.05) is 13.0 Å². The third-order valence-corrected chi connectivity index (χ3v) is 11.0. The summed E-state index contributed by atoms with van der Waals surface area (Å²) in [6, 6.07) is 0. The predicted molar refractivity (Wildman–Crippen MR) is 105 cm³/mol. The van der Waals surface area contributed by atoms with Crippen molar-refractivity contribution in [3.63, 3.8) is 0 Å². The van der Waals surface area contributed by atoms with Gasteiger partial charge in [0.15, 0.2) is 5.78 Å². The quantitative estimate of drug-likeness (QED) is 0.707. The second-order valence-electron chi connectivity index (χ2n) is 10.2. The lowest BCUT2D eigenvalue weighted by atomic mass is 9.47. The van der Waals surface area contributed by atoms with Crippen LogP contribution in [-0.2, 0) is 14.6 Å². The van der Waals surface area contributed by atoms with Crippen molar-refractivity contribution in [1.82, 2.24) is 0 Å². The molecule has 3 fully saturated rings. The Kier molecular flexibility index (Phi) is 4.26. The van der Waals surface area contributed by atoms with Gasteiger partial charge in [0.1, 0.15) is 9.84 Å². The molecule has 0 spiro atoms. The monoisotopic (exact) mass is 378 g/mol. The molecule has 0 aliphatic heterocycles. The summed E-state index contributed by atoms with van der Waals surface area (Å²) in [5, 5.41) is -0.226. The van der Waals surface area contributed by atoms with Crippen LogP contribution >= 0.6 is 0 Å². The Balaban J connectivity index is 1.64. The maximum absolute atomic E-state index is 12.2. The Morgan fingerprint density at radius 2 is 1.77 bits per heavy atom. The first-order valence-corrected chi connectivity index (χ1v) is 12.5. The molecule has 4 rings (SSSR count). The molecule has 0 aromatic rings. The van der Waals surface area contributed by atoms with Crippen molar-refractivity contribution >= 4 is 15.6 Å². The van der Waals surface area contributed by atoms with Gasteiger partial charge in [-0.25, -0.2) is 8.42 Å². The number of allylic oxidation sites excluding steroid dienone is 1. The van der Waals surface area contributed by atoms with Gasteiger partial charge >= 0.3 is 0 Å². The third kappa shape index (κ3) is 2.57. The lowest BCUT2D eigenvalue weighted by Gasteiger charge is -2.58. The van der Waals surface area contributed by atoms with Crippen molar-refractivity contribution in [3.8, 4) is 0 Å². The van der Waals surface area contributed by atoms with Crippen molar-refractivity contribution in [3.05, 3.63) is 11.6 Å². The second kappa shape index (κ2) is 5.93. The highest BCUT2D eigenvalue weighted by molar-refractivity contribution is 7.91. The molecule has 0 aromatic carbocycles. The molecule has 4 aliphatic carbocycles. The van der Waals surface area contributed by atoms with Crippen LogP contribution in [0, 0.1) is 34.5 Å². The minimum Gasteiger partial charge on any atom is -0.295 e. The minimum absolute atomic E-state index is 0.172. The van der Waals surface area contributed by atoms with E-state index in [1.165, 1.54) is 31.1 Å². The molecule has 0 heterocycles. The van der Waals surface area contributed by atoms with E-state index in [1.54, 1.807) is 0 Å². The van der Waals surface area contributed by atoms with Gasteiger partial charge in [0.05, 0.1) is 5.25 Å². The van der Waals surface area contributed by atoms with Gasteiger partial charge in [-0.1, -0.05) is 19.4 Å². The Hall–Kier alpha value is -0.640. The molecule has 0 bridgehead atoms. The molecule has 1 unspecified atom stereocenters. The van der Waals surface area contributed by atoms with E-state index in [0.717, 1.165) is 25.7 Å². The van der Waals surface area contributed by atoms with Crippen molar-refractivity contribution in [1.29, 1.82) is 0 Å². The summed E-state index contributed by atoms with van der Waals surface area (Å²) in [6.07, 6.45) is 12.0. The molecule has 7 atom stereocenters. The first-order chi connectivity index (χ1) is 12.1. The topological polar surface area (TPSA) is 51.2 Å². The zero-order chi connectivity index (χ0) is 18.9. The van der Waals surface area contributed by atoms with Crippen molar-refractivity contribution in [2.75, 3.05) is 6.26 Å². The molecule has 0 aromatic heterocycles. The van der Waals surface area contributed by atoms with E-state index in [2.05, 4.69) is 13.8 Å². The predicted octanol–water partition coefficient (Wildman–Crippen LogP) is 4.57. The van der Waals surface area contributed by atoms with Crippen LogP contribution in [0.15, 0.2) is 11.6 Å². The highest BCUT2D eigenvalue weighted by atomic mass is 32.2. The maximum atomic E-state index is 12.2. The molecule has 4 heteroatoms. The first kappa shape index (κ1) is 18.7. The molecule has 0 radical (unpaired) electrons. The fourth-order valence-electron chi connectivity index (χ4n) is 7.67. The molecule has 3 nitrogen and oxygen atoms in total. The summed E-state index contributed by atoms with van der Waals surface area (Å²) in [7, 11) is -2.99. The van der Waals surface area contributed by atoms with Crippen LogP contribution in [0.1, 0.15) is 72.1 Å². The number of hydrogen-bond donors (Lipinski definition) is 0. The average Bonchev–Trinajstić information content (AvgIpc) is 2.91. The van der Waals surface area contributed by atoms with Crippen molar-refractivity contribution < 1.29 is 13.2 Å². The lowest BCUT2D eigenvalue weighted by molar-refractivity contribution is -0.117. The maximum Gasteiger partial charge on any atom is 0.155 e. The molecule has 146 valence electrons. The van der Waals surface area contributed by atoms with Crippen LogP contribution in [0.25, 0.3) is 0 Å². The molecule has 0 amide bonds. The van der Waals surface area contributed by atoms with Crippen LogP contribution in [0.4, 0.5) is 0 Å². The number of sulfone groups is 1. The van der Waals surface area contributed by atoms with E-state index in [9.17, 15) is 13.2 Å². The largest absolute Gasteiger partial charge is 0.295 e. The zero-order valence-corrected chi connectivity index (χ0v) is 17.6. The van der Waals surface area contributed by atoms with Gasteiger partial charge in [-0.3, -0.25) is 4.79 Å². The fraction of sp³-hybridized carbons (Fsp3) is 0.864. The number of ketones is 1. The summed E-state index contributed by atoms with van der Waals surface area (Å²) < 4.78 is 24.5. The van der Waals surface area contributed by atoms with E-state index < -0.39 is 9.84 Å². The molecular weight excluding hydrogens is 344 g/mol. The van der Waals surface area contributed by atoms with Crippen LogP contribution in [0.5, 0.6) is 0 Å². The Labute approximate surface area is 158 Å². The lowest BCUT2D eigenvalue weighted by Crippen LogP contribution is -2.51. The normalized spacial score (nSPS) is 46.8. The fourth-order valence-corrected chi connectivity index (χ4v) is 8.71. The number of hydrogen-bond acceptors (Lipinski definition) is 3. The standard InChI is InChI=1S/C22H34O3S/c1-14(26(4,24)25)18-7-8-19-17-6-5-15-13-16(23)9-11-21(15,2)20(17)10-12-22(18,19)3/h13-14,17-20H,5-12H2,1-4H3/t14?,17-,18+,19-,20-,21-,22+/m0/s1. The summed E-state index contributed by atoms with van der Waals surface area (Å²) in [5.74, 6) is 2.67. The highest BCUT2D eigenvalue weighted by Crippen LogP contribution is 2.67. The molecular formula is C22H34O3S. The molecule has 26 heavy (non-hydrogen) atoms. The average molecular weight is 379 g/mol. The minimum atomic E-state index is -2.99. The third-order valence-electron chi connectivity index (χ3n) is 9.28. The molecule has 4 aliphatic rings. The highest BCUT2D eigenvalue weighted by Gasteiger charge is 2.60. The second-order valence-corrected chi connectivity index (χ2v) is 12.6. The van der Waals surface area contributed by atoms with Gasteiger partial charge in [-0.05, 0) is 92.4 Å². The van der Waals surface area contributed by atoms with Crippen LogP contribution in [-0.4, -0.2) is 25.7 Å². The SMILES string of the molecule is CC([C@H]1CC[C@H]2[C@@H]3CCC4=CC(=O)CC[C@]4(C)[C@H]3CC[C@]12C)S(C)(=O)=O. The van der Waals surface area contributed by atoms with Gasteiger partial charge in [0, 0.05) is 12.7 Å². The summed E-state index contributed by atoms with van der Waals surface area (Å²) in [5.41, 5.74) is 1.79. The number of carbonyl (C=O) groups is 1. The Morgan fingerprint density at radius 1 is 1.04 bits per heavy atom. The summed E-state index contributed by atoms with van der Waals surface area (Å²) >= 11 is 0. The Morgan fingerprint density at radius 3 is 2.46 bits per heavy atom. The molecule has 0 saturated heterocycles. The van der Waals surface area contributed by atoms with Gasteiger partial charge in [-0.2, -0.15) is 0 Å². The molecule has 0 N–H and O–H groups in total. The van der Waals surface area contributed by atoms with E-state index in [0.29, 0.717) is 35.9 Å². The first-order valence-electron chi connectivity index (χ1n) is 10.5. The zero-order valence-electron chi connectivity index (χ0n) is 16.8. The number of rotatable bonds is 2. The number of carbonyl (C=O) groups excluding carboxylic acids is 1. The van der Waals surface area contributed by atoms with E-state index in [4.69, 9.17) is 0 Å². The summed E-state index contributed by atoms with van der Waals surface area (Å²) in [6.45, 7) is 6.75. The van der Waals surface area contributed by atoms with Crippen molar-refractivity contribution in [2.45, 2.75) is 77.4 Å². The van der Waals surface area contributed by atoms with Gasteiger partial charge < -0.3 is 0 Å². The van der Waals surface area contributed by atoms with Gasteiger partial charge in [0.25, 0.3) is 0 Å². The van der Waals surface area contributed by atoms with Crippen LogP contribution in [0.3, 0.4) is 0 Å². The Bertz CT molecular complexity index is 751. The number of fused-ring (bicyclic) bond motifs is 5. The van der Waals surface area contributed by atoms with Crippen LogP contribution in [0.2, 0.25) is 0 Å². The molecule has 3 saturated carbocycles.